The molecule has 0 saturated carbocycles. The smallest absolute Gasteiger partial charge is 0.258 e. The van der Waals surface area contributed by atoms with Crippen LogP contribution in [-0.2, 0) is 9.59 Å². The third-order valence-electron chi connectivity index (χ3n) is 7.69. The lowest BCUT2D eigenvalue weighted by atomic mass is 10.1. The quantitative estimate of drug-likeness (QED) is 0.276. The van der Waals surface area contributed by atoms with Crippen LogP contribution in [0.5, 0.6) is 0 Å². The predicted octanol–water partition coefficient (Wildman–Crippen LogP) is 3.89. The maximum absolute atomic E-state index is 13.6. The van der Waals surface area contributed by atoms with Crippen LogP contribution in [0.3, 0.4) is 0 Å². The van der Waals surface area contributed by atoms with Crippen molar-refractivity contribution >= 4 is 51.4 Å². The van der Waals surface area contributed by atoms with Crippen molar-refractivity contribution in [1.29, 1.82) is 0 Å². The fourth-order valence-corrected chi connectivity index (χ4v) is 5.52. The second kappa shape index (κ2) is 12.0. The highest BCUT2D eigenvalue weighted by molar-refractivity contribution is 6.11. The molecule has 2 saturated heterocycles. The summed E-state index contributed by atoms with van der Waals surface area (Å²) in [7, 11) is 0. The first-order chi connectivity index (χ1) is 20.4. The first-order valence-corrected chi connectivity index (χ1v) is 14.4. The van der Waals surface area contributed by atoms with Crippen molar-refractivity contribution in [3.63, 3.8) is 0 Å². The lowest BCUT2D eigenvalue weighted by Gasteiger charge is -2.25. The number of guanidine groups is 1. The van der Waals surface area contributed by atoms with Gasteiger partial charge in [0.2, 0.25) is 17.8 Å². The molecule has 11 heteroatoms. The number of nitrogens with zero attached hydrogens (tertiary/aromatic N) is 5. The van der Waals surface area contributed by atoms with E-state index in [0.717, 1.165) is 55.5 Å². The zero-order valence-electron chi connectivity index (χ0n) is 23.5. The van der Waals surface area contributed by atoms with E-state index in [1.165, 1.54) is 0 Å². The van der Waals surface area contributed by atoms with Crippen molar-refractivity contribution in [2.75, 3.05) is 31.5 Å². The summed E-state index contributed by atoms with van der Waals surface area (Å²) >= 11 is 0. The average molecular weight is 568 g/mol. The molecule has 0 spiro atoms. The SMILES string of the molecule is Cc1cc2cc(NC(=N[C@H]3CCCCN(CC(=O)N4CCCC4)C3=O)NC(=O)c3ccc4nccnc4c3)ccc2o1. The van der Waals surface area contributed by atoms with Crippen LogP contribution in [0, 0.1) is 6.92 Å². The van der Waals surface area contributed by atoms with Gasteiger partial charge in [-0.3, -0.25) is 29.7 Å². The predicted molar refractivity (Wildman–Crippen MR) is 159 cm³/mol. The minimum atomic E-state index is -0.746. The number of nitrogens with one attached hydrogen (secondary N) is 2. The standard InChI is InChI=1S/C31H33N7O4/c1-20-16-22-17-23(8-10-27(22)42-20)34-31(36-29(40)21-7-9-24-26(18-21)33-12-11-32-24)35-25-6-2-3-15-38(30(25)41)19-28(39)37-13-4-5-14-37/h7-12,16-18,25H,2-6,13-15,19H2,1H3,(H2,34,35,36,40)/t25-/m0/s1. The van der Waals surface area contributed by atoms with Gasteiger partial charge in [-0.2, -0.15) is 0 Å². The summed E-state index contributed by atoms with van der Waals surface area (Å²) in [5.41, 5.74) is 3.07. The van der Waals surface area contributed by atoms with Gasteiger partial charge in [0.1, 0.15) is 17.4 Å². The minimum Gasteiger partial charge on any atom is -0.461 e. The average Bonchev–Trinajstić information content (AvgIpc) is 3.63. The van der Waals surface area contributed by atoms with E-state index >= 15 is 0 Å². The van der Waals surface area contributed by atoms with Crippen LogP contribution in [0.2, 0.25) is 0 Å². The molecule has 0 aliphatic carbocycles. The lowest BCUT2D eigenvalue weighted by molar-refractivity contribution is -0.140. The van der Waals surface area contributed by atoms with Crippen molar-refractivity contribution in [1.82, 2.24) is 25.1 Å². The highest BCUT2D eigenvalue weighted by atomic mass is 16.3. The molecule has 42 heavy (non-hydrogen) atoms. The normalized spacial score (nSPS) is 18.0. The fourth-order valence-electron chi connectivity index (χ4n) is 5.52. The van der Waals surface area contributed by atoms with E-state index in [0.29, 0.717) is 35.2 Å². The Hall–Kier alpha value is -4.80. The van der Waals surface area contributed by atoms with Gasteiger partial charge in [0, 0.05) is 48.7 Å². The molecule has 0 radical (unpaired) electrons. The zero-order valence-corrected chi connectivity index (χ0v) is 23.5. The second-order valence-corrected chi connectivity index (χ2v) is 10.8. The molecule has 2 aromatic carbocycles. The molecule has 6 rings (SSSR count). The van der Waals surface area contributed by atoms with Gasteiger partial charge in [0.15, 0.2) is 0 Å². The Morgan fingerprint density at radius 2 is 1.76 bits per heavy atom. The number of amides is 3. The van der Waals surface area contributed by atoms with E-state index < -0.39 is 11.9 Å². The van der Waals surface area contributed by atoms with Gasteiger partial charge in [0.05, 0.1) is 17.6 Å². The zero-order chi connectivity index (χ0) is 29.1. The summed E-state index contributed by atoms with van der Waals surface area (Å²) in [6, 6.07) is 11.8. The summed E-state index contributed by atoms with van der Waals surface area (Å²) in [6.07, 6.45) is 7.24. The molecule has 1 atom stereocenters. The Bertz CT molecular complexity index is 1670. The molecule has 11 nitrogen and oxygen atoms in total. The Kier molecular flexibility index (Phi) is 7.81. The van der Waals surface area contributed by atoms with E-state index in [4.69, 9.17) is 9.41 Å². The van der Waals surface area contributed by atoms with Gasteiger partial charge in [0.25, 0.3) is 5.91 Å². The number of aromatic nitrogens is 2. The number of hydrogen-bond donors (Lipinski definition) is 2. The molecule has 216 valence electrons. The maximum atomic E-state index is 13.6. The lowest BCUT2D eigenvalue weighted by Crippen LogP contribution is -2.45. The molecule has 0 unspecified atom stereocenters. The number of carbonyl (C=O) groups excluding carboxylic acids is 3. The summed E-state index contributed by atoms with van der Waals surface area (Å²) in [5.74, 6) is 0.285. The number of fused-ring (bicyclic) bond motifs is 2. The van der Waals surface area contributed by atoms with Crippen molar-refractivity contribution < 1.29 is 18.8 Å². The Labute approximate surface area is 243 Å². The summed E-state index contributed by atoms with van der Waals surface area (Å²) < 4.78 is 5.70. The van der Waals surface area contributed by atoms with Crippen LogP contribution >= 0.6 is 0 Å². The molecule has 0 bridgehead atoms. The second-order valence-electron chi connectivity index (χ2n) is 10.8. The summed E-state index contributed by atoms with van der Waals surface area (Å²) in [4.78, 5) is 56.7. The van der Waals surface area contributed by atoms with Gasteiger partial charge >= 0.3 is 0 Å². The van der Waals surface area contributed by atoms with E-state index in [1.807, 2.05) is 36.1 Å². The number of aryl methyl sites for hydroxylation is 1. The number of benzene rings is 2. The van der Waals surface area contributed by atoms with Crippen LogP contribution < -0.4 is 10.6 Å². The van der Waals surface area contributed by atoms with Gasteiger partial charge in [-0.15, -0.1) is 0 Å². The Morgan fingerprint density at radius 3 is 2.60 bits per heavy atom. The number of furan rings is 1. The first-order valence-electron chi connectivity index (χ1n) is 14.4. The monoisotopic (exact) mass is 567 g/mol. The van der Waals surface area contributed by atoms with E-state index in [9.17, 15) is 14.4 Å². The highest BCUT2D eigenvalue weighted by Gasteiger charge is 2.30. The number of rotatable bonds is 5. The third kappa shape index (κ3) is 6.09. The minimum absolute atomic E-state index is 0.0276. The highest BCUT2D eigenvalue weighted by Crippen LogP contribution is 2.23. The van der Waals surface area contributed by atoms with E-state index in [1.54, 1.807) is 35.5 Å². The van der Waals surface area contributed by atoms with Crippen molar-refractivity contribution in [2.24, 2.45) is 4.99 Å². The molecule has 2 aliphatic rings. The number of likely N-dealkylation sites (tertiary alicyclic amines) is 2. The van der Waals surface area contributed by atoms with Crippen LogP contribution in [-0.4, -0.2) is 75.7 Å². The molecule has 2 N–H and O–H groups in total. The molecule has 4 aromatic rings. The number of carbonyl (C=O) groups is 3. The molecule has 3 amide bonds. The van der Waals surface area contributed by atoms with Crippen LogP contribution in [0.25, 0.3) is 22.0 Å². The van der Waals surface area contributed by atoms with Gasteiger partial charge in [-0.05, 0) is 81.5 Å². The van der Waals surface area contributed by atoms with Gasteiger partial charge in [-0.25, -0.2) is 4.99 Å². The largest absolute Gasteiger partial charge is 0.461 e. The van der Waals surface area contributed by atoms with Crippen molar-refractivity contribution in [3.05, 3.63) is 66.2 Å². The molecule has 4 heterocycles. The van der Waals surface area contributed by atoms with Crippen LogP contribution in [0.4, 0.5) is 5.69 Å². The van der Waals surface area contributed by atoms with Gasteiger partial charge < -0.3 is 19.5 Å². The number of aliphatic imine (C=N–C) groups is 1. The first kappa shape index (κ1) is 27.4. The molecular weight excluding hydrogens is 534 g/mol. The molecule has 2 aromatic heterocycles. The van der Waals surface area contributed by atoms with E-state index in [2.05, 4.69) is 20.6 Å². The van der Waals surface area contributed by atoms with E-state index in [-0.39, 0.29) is 24.3 Å². The van der Waals surface area contributed by atoms with Gasteiger partial charge in [-0.1, -0.05) is 0 Å². The molecule has 2 fully saturated rings. The number of anilines is 1. The Balaban J connectivity index is 1.27. The van der Waals surface area contributed by atoms with Crippen molar-refractivity contribution in [2.45, 2.75) is 45.1 Å². The summed E-state index contributed by atoms with van der Waals surface area (Å²) in [5, 5.41) is 6.98. The summed E-state index contributed by atoms with van der Waals surface area (Å²) in [6.45, 7) is 3.92. The van der Waals surface area contributed by atoms with Crippen LogP contribution in [0.15, 0.2) is 64.3 Å². The number of hydrogen-bond acceptors (Lipinski definition) is 7. The molecule has 2 aliphatic heterocycles. The Morgan fingerprint density at radius 1 is 0.976 bits per heavy atom. The molecular formula is C31H33N7O4. The third-order valence-corrected chi connectivity index (χ3v) is 7.69. The van der Waals surface area contributed by atoms with Crippen LogP contribution in [0.1, 0.15) is 48.2 Å². The fraction of sp³-hybridized carbons (Fsp3) is 0.355. The van der Waals surface area contributed by atoms with Crippen molar-refractivity contribution in [3.8, 4) is 0 Å². The topological polar surface area (TPSA) is 133 Å². The maximum Gasteiger partial charge on any atom is 0.258 e.